The van der Waals surface area contributed by atoms with Crippen molar-refractivity contribution in [2.24, 2.45) is 0 Å². The molecule has 7 heteroatoms. The van der Waals surface area contributed by atoms with Crippen LogP contribution in [0.1, 0.15) is 12.8 Å². The van der Waals surface area contributed by atoms with Crippen LogP contribution in [0.4, 0.5) is 5.69 Å². The van der Waals surface area contributed by atoms with Crippen LogP contribution in [0.5, 0.6) is 5.75 Å². The molecule has 0 unspecified atom stereocenters. The molecule has 1 saturated heterocycles. The number of anilines is 1. The van der Waals surface area contributed by atoms with Crippen LogP contribution in [0.25, 0.3) is 0 Å². The lowest BCUT2D eigenvalue weighted by molar-refractivity contribution is -0.139. The number of aliphatic carboxylic acids is 1. The maximum absolute atomic E-state index is 11.9. The van der Waals surface area contributed by atoms with E-state index in [9.17, 15) is 14.4 Å². The van der Waals surface area contributed by atoms with Crippen molar-refractivity contribution in [3.05, 3.63) is 24.3 Å². The molecule has 2 amide bonds. The highest BCUT2D eigenvalue weighted by Crippen LogP contribution is 2.18. The van der Waals surface area contributed by atoms with Crippen molar-refractivity contribution < 1.29 is 24.2 Å². The summed E-state index contributed by atoms with van der Waals surface area (Å²) >= 11 is 0. The van der Waals surface area contributed by atoms with Crippen LogP contribution in [0.3, 0.4) is 0 Å². The van der Waals surface area contributed by atoms with Crippen molar-refractivity contribution in [1.82, 2.24) is 5.32 Å². The normalized spacial score (nSPS) is 17.4. The first kappa shape index (κ1) is 13.9. The molecule has 1 aromatic rings. The van der Waals surface area contributed by atoms with Crippen molar-refractivity contribution >= 4 is 23.5 Å². The Morgan fingerprint density at radius 2 is 2.25 bits per heavy atom. The first-order valence-corrected chi connectivity index (χ1v) is 6.09. The van der Waals surface area contributed by atoms with Crippen LogP contribution >= 0.6 is 0 Å². The molecular weight excluding hydrogens is 264 g/mol. The molecule has 20 heavy (non-hydrogen) atoms. The lowest BCUT2D eigenvalue weighted by atomic mass is 10.2. The Morgan fingerprint density at radius 3 is 2.90 bits per heavy atom. The van der Waals surface area contributed by atoms with Crippen molar-refractivity contribution in [2.75, 3.05) is 11.9 Å². The molecular formula is C13H14N2O5. The molecule has 0 aliphatic carbocycles. The van der Waals surface area contributed by atoms with E-state index >= 15 is 0 Å². The summed E-state index contributed by atoms with van der Waals surface area (Å²) in [5.41, 5.74) is 0.485. The van der Waals surface area contributed by atoms with E-state index in [2.05, 4.69) is 10.6 Å². The number of benzene rings is 1. The monoisotopic (exact) mass is 278 g/mol. The second-order valence-electron chi connectivity index (χ2n) is 4.36. The number of ether oxygens (including phenoxy) is 1. The summed E-state index contributed by atoms with van der Waals surface area (Å²) in [5.74, 6) is -1.16. The predicted molar refractivity (Wildman–Crippen MR) is 69.4 cm³/mol. The summed E-state index contributed by atoms with van der Waals surface area (Å²) in [4.78, 5) is 33.3. The van der Waals surface area contributed by atoms with E-state index in [1.54, 1.807) is 18.2 Å². The molecule has 1 heterocycles. The molecule has 7 nitrogen and oxygen atoms in total. The number of carbonyl (C=O) groups excluding carboxylic acids is 2. The Labute approximate surface area is 114 Å². The van der Waals surface area contributed by atoms with Crippen LogP contribution in [0, 0.1) is 0 Å². The molecule has 2 rings (SSSR count). The summed E-state index contributed by atoms with van der Waals surface area (Å²) < 4.78 is 5.01. The van der Waals surface area contributed by atoms with Gasteiger partial charge in [-0.3, -0.25) is 9.59 Å². The highest BCUT2D eigenvalue weighted by atomic mass is 16.5. The van der Waals surface area contributed by atoms with Gasteiger partial charge in [-0.25, -0.2) is 4.79 Å². The fraction of sp³-hybridized carbons (Fsp3) is 0.308. The summed E-state index contributed by atoms with van der Waals surface area (Å²) in [6.07, 6.45) is 0.819. The molecule has 106 valence electrons. The van der Waals surface area contributed by atoms with E-state index in [0.29, 0.717) is 24.3 Å². The van der Waals surface area contributed by atoms with Crippen LogP contribution in [0.2, 0.25) is 0 Å². The fourth-order valence-corrected chi connectivity index (χ4v) is 1.85. The molecule has 0 bridgehead atoms. The minimum Gasteiger partial charge on any atom is -0.482 e. The molecule has 1 aromatic carbocycles. The first-order valence-electron chi connectivity index (χ1n) is 6.09. The Kier molecular flexibility index (Phi) is 4.19. The van der Waals surface area contributed by atoms with Gasteiger partial charge in [0.05, 0.1) is 0 Å². The van der Waals surface area contributed by atoms with E-state index in [4.69, 9.17) is 9.84 Å². The van der Waals surface area contributed by atoms with E-state index in [-0.39, 0.29) is 11.8 Å². The van der Waals surface area contributed by atoms with Crippen molar-refractivity contribution in [3.8, 4) is 5.75 Å². The average Bonchev–Trinajstić information content (AvgIpc) is 2.84. The standard InChI is InChI=1S/C13H14N2O5/c16-11-5-4-10(15-11)13(19)14-8-2-1-3-9(6-8)20-7-12(17)18/h1-3,6,10H,4-5,7H2,(H,14,19)(H,15,16)(H,17,18)/t10-/m0/s1. The SMILES string of the molecule is O=C(O)COc1cccc(NC(=O)[C@@H]2CCC(=O)N2)c1. The maximum Gasteiger partial charge on any atom is 0.341 e. The number of hydrogen-bond acceptors (Lipinski definition) is 4. The molecule has 1 aliphatic rings. The van der Waals surface area contributed by atoms with Gasteiger partial charge in [0.1, 0.15) is 11.8 Å². The zero-order chi connectivity index (χ0) is 14.5. The minimum absolute atomic E-state index is 0.135. The molecule has 1 aliphatic heterocycles. The lowest BCUT2D eigenvalue weighted by Crippen LogP contribution is -2.37. The van der Waals surface area contributed by atoms with Gasteiger partial charge in [0.2, 0.25) is 11.8 Å². The number of amides is 2. The molecule has 1 atom stereocenters. The number of nitrogens with one attached hydrogen (secondary N) is 2. The van der Waals surface area contributed by atoms with Gasteiger partial charge >= 0.3 is 5.97 Å². The minimum atomic E-state index is -1.08. The van der Waals surface area contributed by atoms with Gasteiger partial charge in [0, 0.05) is 18.2 Å². The smallest absolute Gasteiger partial charge is 0.341 e. The van der Waals surface area contributed by atoms with E-state index in [1.165, 1.54) is 6.07 Å². The Hall–Kier alpha value is -2.57. The quantitative estimate of drug-likeness (QED) is 0.721. The third-order valence-corrected chi connectivity index (χ3v) is 2.78. The predicted octanol–water partition coefficient (Wildman–Crippen LogP) is 0.367. The van der Waals surface area contributed by atoms with Gasteiger partial charge in [-0.2, -0.15) is 0 Å². The highest BCUT2D eigenvalue weighted by molar-refractivity contribution is 5.99. The van der Waals surface area contributed by atoms with E-state index in [0.717, 1.165) is 0 Å². The zero-order valence-corrected chi connectivity index (χ0v) is 10.6. The van der Waals surface area contributed by atoms with E-state index in [1.807, 2.05) is 0 Å². The molecule has 1 fully saturated rings. The van der Waals surface area contributed by atoms with Crippen molar-refractivity contribution in [2.45, 2.75) is 18.9 Å². The van der Waals surface area contributed by atoms with Gasteiger partial charge in [0.15, 0.2) is 6.61 Å². The molecule has 0 spiro atoms. The third kappa shape index (κ3) is 3.71. The summed E-state index contributed by atoms with van der Waals surface area (Å²) in [7, 11) is 0. The number of carbonyl (C=O) groups is 3. The van der Waals surface area contributed by atoms with Gasteiger partial charge in [-0.1, -0.05) is 6.07 Å². The van der Waals surface area contributed by atoms with Gasteiger partial charge in [-0.05, 0) is 18.6 Å². The summed E-state index contributed by atoms with van der Waals surface area (Å²) in [6.45, 7) is -0.448. The molecule has 3 N–H and O–H groups in total. The number of carboxylic acids is 1. The maximum atomic E-state index is 11.9. The Morgan fingerprint density at radius 1 is 1.45 bits per heavy atom. The van der Waals surface area contributed by atoms with E-state index < -0.39 is 18.6 Å². The molecule has 0 aromatic heterocycles. The van der Waals surface area contributed by atoms with Gasteiger partial charge in [0.25, 0.3) is 0 Å². The fourth-order valence-electron chi connectivity index (χ4n) is 1.85. The molecule has 0 radical (unpaired) electrons. The first-order chi connectivity index (χ1) is 9.54. The van der Waals surface area contributed by atoms with Crippen LogP contribution < -0.4 is 15.4 Å². The largest absolute Gasteiger partial charge is 0.482 e. The second kappa shape index (κ2) is 6.05. The lowest BCUT2D eigenvalue weighted by Gasteiger charge is -2.11. The summed E-state index contributed by atoms with van der Waals surface area (Å²) in [5, 5.41) is 13.7. The summed E-state index contributed by atoms with van der Waals surface area (Å²) in [6, 6.07) is 5.89. The zero-order valence-electron chi connectivity index (χ0n) is 10.6. The topological polar surface area (TPSA) is 105 Å². The average molecular weight is 278 g/mol. The second-order valence-corrected chi connectivity index (χ2v) is 4.36. The van der Waals surface area contributed by atoms with Crippen LogP contribution in [-0.4, -0.2) is 35.5 Å². The number of carboxylic acid groups (broad SMARTS) is 1. The van der Waals surface area contributed by atoms with Gasteiger partial charge in [-0.15, -0.1) is 0 Å². The van der Waals surface area contributed by atoms with Crippen molar-refractivity contribution in [1.29, 1.82) is 0 Å². The van der Waals surface area contributed by atoms with Gasteiger partial charge < -0.3 is 20.5 Å². The molecule has 0 saturated carbocycles. The third-order valence-electron chi connectivity index (χ3n) is 2.78. The van der Waals surface area contributed by atoms with Crippen molar-refractivity contribution in [3.63, 3.8) is 0 Å². The van der Waals surface area contributed by atoms with Crippen LogP contribution in [-0.2, 0) is 14.4 Å². The Balaban J connectivity index is 1.95. The number of rotatable bonds is 5. The number of hydrogen-bond donors (Lipinski definition) is 3. The Bertz CT molecular complexity index is 543. The highest BCUT2D eigenvalue weighted by Gasteiger charge is 2.27. The van der Waals surface area contributed by atoms with Crippen LogP contribution in [0.15, 0.2) is 24.3 Å².